The summed E-state index contributed by atoms with van der Waals surface area (Å²) in [5.41, 5.74) is 2.99. The Kier molecular flexibility index (Phi) is 4.01. The molecule has 4 nitrogen and oxygen atoms in total. The standard InChI is InChI=1S/C16H20N4S/c1-12(19(2)14-5-4-8-17-9-14)15-10-18-16(20(15)3)21-11-13-6-7-13/h4-5,8-10,13H,1,6-7,11H2,2-3H3. The van der Waals surface area contributed by atoms with Crippen LogP contribution in [-0.2, 0) is 7.05 Å². The number of nitrogens with zero attached hydrogens (tertiary/aromatic N) is 4. The SMILES string of the molecule is C=C(c1cnc(SCC2CC2)n1C)N(C)c1cccnc1. The Morgan fingerprint density at radius 2 is 2.29 bits per heavy atom. The first-order valence-corrected chi connectivity index (χ1v) is 8.13. The highest BCUT2D eigenvalue weighted by Crippen LogP contribution is 2.35. The van der Waals surface area contributed by atoms with Crippen molar-refractivity contribution in [3.05, 3.63) is 43.0 Å². The van der Waals surface area contributed by atoms with Gasteiger partial charge >= 0.3 is 0 Å². The molecule has 2 aromatic heterocycles. The third-order valence-corrected chi connectivity index (χ3v) is 5.10. The second kappa shape index (κ2) is 5.93. The molecule has 0 aromatic carbocycles. The van der Waals surface area contributed by atoms with Gasteiger partial charge in [0, 0.05) is 26.0 Å². The van der Waals surface area contributed by atoms with Crippen LogP contribution in [0.3, 0.4) is 0 Å². The molecule has 1 aliphatic carbocycles. The van der Waals surface area contributed by atoms with Gasteiger partial charge in [-0.3, -0.25) is 4.98 Å². The van der Waals surface area contributed by atoms with Gasteiger partial charge < -0.3 is 9.47 Å². The first-order valence-electron chi connectivity index (χ1n) is 7.14. The molecule has 0 aliphatic heterocycles. The van der Waals surface area contributed by atoms with E-state index in [4.69, 9.17) is 0 Å². The van der Waals surface area contributed by atoms with Gasteiger partial charge in [-0.1, -0.05) is 18.3 Å². The minimum absolute atomic E-state index is 0.899. The van der Waals surface area contributed by atoms with Gasteiger partial charge in [-0.25, -0.2) is 4.98 Å². The maximum atomic E-state index is 4.54. The molecule has 1 fully saturated rings. The molecule has 1 saturated carbocycles. The summed E-state index contributed by atoms with van der Waals surface area (Å²) in [5.74, 6) is 2.08. The van der Waals surface area contributed by atoms with Gasteiger partial charge in [0.15, 0.2) is 5.16 Å². The topological polar surface area (TPSA) is 34.0 Å². The van der Waals surface area contributed by atoms with Crippen LogP contribution in [-0.4, -0.2) is 27.3 Å². The molecule has 0 spiro atoms. The largest absolute Gasteiger partial charge is 0.342 e. The van der Waals surface area contributed by atoms with Crippen molar-refractivity contribution in [2.24, 2.45) is 13.0 Å². The van der Waals surface area contributed by atoms with E-state index in [1.807, 2.05) is 48.2 Å². The van der Waals surface area contributed by atoms with Crippen molar-refractivity contribution in [2.75, 3.05) is 17.7 Å². The zero-order valence-electron chi connectivity index (χ0n) is 12.5. The molecule has 5 heteroatoms. The van der Waals surface area contributed by atoms with Crippen LogP contribution in [0.1, 0.15) is 18.5 Å². The molecule has 0 bridgehead atoms. The van der Waals surface area contributed by atoms with Crippen molar-refractivity contribution < 1.29 is 0 Å². The molecule has 0 saturated heterocycles. The van der Waals surface area contributed by atoms with Gasteiger partial charge in [-0.05, 0) is 30.9 Å². The Labute approximate surface area is 129 Å². The minimum Gasteiger partial charge on any atom is -0.342 e. The summed E-state index contributed by atoms with van der Waals surface area (Å²) in [6, 6.07) is 3.95. The molecule has 3 rings (SSSR count). The third-order valence-electron chi connectivity index (χ3n) is 3.82. The minimum atomic E-state index is 0.899. The molecular formula is C16H20N4S. The van der Waals surface area contributed by atoms with Crippen LogP contribution in [0.15, 0.2) is 42.5 Å². The fraction of sp³-hybridized carbons (Fsp3) is 0.375. The third kappa shape index (κ3) is 3.13. The fourth-order valence-electron chi connectivity index (χ4n) is 2.15. The van der Waals surface area contributed by atoms with Crippen molar-refractivity contribution in [1.29, 1.82) is 0 Å². The molecule has 110 valence electrons. The molecule has 0 atom stereocenters. The summed E-state index contributed by atoms with van der Waals surface area (Å²) < 4.78 is 2.13. The van der Waals surface area contributed by atoms with Crippen LogP contribution in [0.4, 0.5) is 5.69 Å². The average Bonchev–Trinajstić information content (AvgIpc) is 3.28. The normalized spacial score (nSPS) is 14.2. The monoisotopic (exact) mass is 300 g/mol. The fourth-order valence-corrected chi connectivity index (χ4v) is 3.29. The summed E-state index contributed by atoms with van der Waals surface area (Å²) >= 11 is 1.84. The first-order chi connectivity index (χ1) is 10.2. The Hall–Kier alpha value is -1.75. The number of anilines is 1. The molecule has 1 aliphatic rings. The summed E-state index contributed by atoms with van der Waals surface area (Å²) in [7, 11) is 4.06. The van der Waals surface area contributed by atoms with E-state index in [2.05, 4.69) is 28.2 Å². The van der Waals surface area contributed by atoms with Crippen LogP contribution >= 0.6 is 11.8 Å². The lowest BCUT2D eigenvalue weighted by Crippen LogP contribution is -2.16. The molecular weight excluding hydrogens is 280 g/mol. The summed E-state index contributed by atoms with van der Waals surface area (Å²) in [6.45, 7) is 4.21. The first kappa shape index (κ1) is 14.2. The zero-order valence-corrected chi connectivity index (χ0v) is 13.3. The van der Waals surface area contributed by atoms with Crippen molar-refractivity contribution >= 4 is 23.1 Å². The van der Waals surface area contributed by atoms with Crippen molar-refractivity contribution in [3.63, 3.8) is 0 Å². The maximum Gasteiger partial charge on any atom is 0.168 e. The molecule has 0 N–H and O–H groups in total. The number of imidazole rings is 1. The highest BCUT2D eigenvalue weighted by molar-refractivity contribution is 7.99. The predicted octanol–water partition coefficient (Wildman–Crippen LogP) is 3.42. The molecule has 2 aromatic rings. The average molecular weight is 300 g/mol. The molecule has 0 unspecified atom stereocenters. The van der Waals surface area contributed by atoms with Gasteiger partial charge in [0.25, 0.3) is 0 Å². The Bertz CT molecular complexity index is 631. The van der Waals surface area contributed by atoms with E-state index in [9.17, 15) is 0 Å². The van der Waals surface area contributed by atoms with E-state index >= 15 is 0 Å². The van der Waals surface area contributed by atoms with Gasteiger partial charge in [0.05, 0.1) is 29.5 Å². The lowest BCUT2D eigenvalue weighted by Gasteiger charge is -2.21. The predicted molar refractivity (Wildman–Crippen MR) is 88.3 cm³/mol. The second-order valence-corrected chi connectivity index (χ2v) is 6.44. The van der Waals surface area contributed by atoms with Gasteiger partial charge in [-0.15, -0.1) is 0 Å². The summed E-state index contributed by atoms with van der Waals surface area (Å²) in [6.07, 6.45) is 8.27. The van der Waals surface area contributed by atoms with Gasteiger partial charge in [-0.2, -0.15) is 0 Å². The van der Waals surface area contributed by atoms with E-state index in [1.165, 1.54) is 18.6 Å². The van der Waals surface area contributed by atoms with E-state index in [1.54, 1.807) is 6.20 Å². The number of thioether (sulfide) groups is 1. The lowest BCUT2D eigenvalue weighted by atomic mass is 10.3. The smallest absolute Gasteiger partial charge is 0.168 e. The van der Waals surface area contributed by atoms with E-state index < -0.39 is 0 Å². The highest BCUT2D eigenvalue weighted by atomic mass is 32.2. The van der Waals surface area contributed by atoms with Crippen molar-refractivity contribution in [2.45, 2.75) is 18.0 Å². The van der Waals surface area contributed by atoms with Crippen molar-refractivity contribution in [3.8, 4) is 0 Å². The van der Waals surface area contributed by atoms with Crippen LogP contribution < -0.4 is 4.90 Å². The number of rotatable bonds is 6. The Balaban J connectivity index is 1.74. The highest BCUT2D eigenvalue weighted by Gasteiger charge is 2.22. The van der Waals surface area contributed by atoms with Crippen LogP contribution in [0, 0.1) is 5.92 Å². The molecule has 0 amide bonds. The van der Waals surface area contributed by atoms with Crippen LogP contribution in [0.25, 0.3) is 5.70 Å². The molecule has 2 heterocycles. The summed E-state index contributed by atoms with van der Waals surface area (Å²) in [5, 5.41) is 1.07. The molecule has 0 radical (unpaired) electrons. The molecule has 21 heavy (non-hydrogen) atoms. The Morgan fingerprint density at radius 1 is 1.48 bits per heavy atom. The maximum absolute atomic E-state index is 4.54. The number of pyridine rings is 1. The van der Waals surface area contributed by atoms with Crippen molar-refractivity contribution in [1.82, 2.24) is 14.5 Å². The van der Waals surface area contributed by atoms with E-state index in [-0.39, 0.29) is 0 Å². The van der Waals surface area contributed by atoms with Gasteiger partial charge in [0.1, 0.15) is 0 Å². The summed E-state index contributed by atoms with van der Waals surface area (Å²) in [4.78, 5) is 10.7. The number of hydrogen-bond donors (Lipinski definition) is 0. The van der Waals surface area contributed by atoms with Crippen LogP contribution in [0.5, 0.6) is 0 Å². The van der Waals surface area contributed by atoms with E-state index in [0.717, 1.165) is 28.2 Å². The number of hydrogen-bond acceptors (Lipinski definition) is 4. The number of aromatic nitrogens is 3. The lowest BCUT2D eigenvalue weighted by molar-refractivity contribution is 0.775. The van der Waals surface area contributed by atoms with Gasteiger partial charge in [0.2, 0.25) is 0 Å². The van der Waals surface area contributed by atoms with E-state index in [0.29, 0.717) is 0 Å². The quantitative estimate of drug-likeness (QED) is 0.766. The Morgan fingerprint density at radius 3 is 2.95 bits per heavy atom. The zero-order chi connectivity index (χ0) is 14.8. The second-order valence-electron chi connectivity index (χ2n) is 5.46. The van der Waals surface area contributed by atoms with Crippen LogP contribution in [0.2, 0.25) is 0 Å².